The Kier molecular flexibility index (Phi) is 4.74. The maximum atomic E-state index is 8.86. The van der Waals surface area contributed by atoms with Gasteiger partial charge in [0.1, 0.15) is 12.4 Å². The molecule has 1 heterocycles. The first-order chi connectivity index (χ1) is 10.3. The van der Waals surface area contributed by atoms with Gasteiger partial charge in [-0.15, -0.1) is 0 Å². The summed E-state index contributed by atoms with van der Waals surface area (Å²) in [5.74, 6) is 1.79. The fourth-order valence-corrected chi connectivity index (χ4v) is 2.81. The molecule has 2 fully saturated rings. The van der Waals surface area contributed by atoms with Crippen LogP contribution >= 0.6 is 0 Å². The molecule has 1 saturated carbocycles. The van der Waals surface area contributed by atoms with Crippen molar-refractivity contribution in [2.75, 3.05) is 45.9 Å². The van der Waals surface area contributed by atoms with Gasteiger partial charge in [-0.05, 0) is 37.0 Å². The van der Waals surface area contributed by atoms with E-state index in [4.69, 9.17) is 10.00 Å². The lowest BCUT2D eigenvalue weighted by Crippen LogP contribution is -2.47. The van der Waals surface area contributed by atoms with Gasteiger partial charge in [0.2, 0.25) is 0 Å². The summed E-state index contributed by atoms with van der Waals surface area (Å²) in [6, 6.07) is 9.51. The molecule has 1 aliphatic carbocycles. The monoisotopic (exact) mass is 285 g/mol. The van der Waals surface area contributed by atoms with E-state index in [2.05, 4.69) is 15.9 Å². The minimum atomic E-state index is 0.654. The van der Waals surface area contributed by atoms with Gasteiger partial charge in [-0.1, -0.05) is 6.07 Å². The summed E-state index contributed by atoms with van der Waals surface area (Å²) in [7, 11) is 0. The van der Waals surface area contributed by atoms with Gasteiger partial charge in [-0.25, -0.2) is 0 Å². The van der Waals surface area contributed by atoms with E-state index < -0.39 is 0 Å². The molecule has 0 bridgehead atoms. The van der Waals surface area contributed by atoms with Crippen LogP contribution in [-0.4, -0.2) is 55.7 Å². The van der Waals surface area contributed by atoms with Crippen molar-refractivity contribution < 1.29 is 4.74 Å². The highest BCUT2D eigenvalue weighted by Gasteiger charge is 2.26. The van der Waals surface area contributed by atoms with E-state index in [1.165, 1.54) is 32.5 Å². The number of benzene rings is 1. The average Bonchev–Trinajstić information content (AvgIpc) is 3.33. The van der Waals surface area contributed by atoms with Crippen LogP contribution in [0.3, 0.4) is 0 Å². The third-order valence-electron chi connectivity index (χ3n) is 4.32. The molecule has 0 N–H and O–H groups in total. The number of hydrogen-bond donors (Lipinski definition) is 0. The smallest absolute Gasteiger partial charge is 0.120 e. The molecule has 0 radical (unpaired) electrons. The van der Waals surface area contributed by atoms with Gasteiger partial charge < -0.3 is 9.64 Å². The highest BCUT2D eigenvalue weighted by molar-refractivity contribution is 5.36. The average molecular weight is 285 g/mol. The van der Waals surface area contributed by atoms with E-state index in [1.54, 1.807) is 12.1 Å². The van der Waals surface area contributed by atoms with Crippen molar-refractivity contribution in [1.29, 1.82) is 5.26 Å². The van der Waals surface area contributed by atoms with E-state index in [0.29, 0.717) is 12.2 Å². The Bertz CT molecular complexity index is 499. The molecular formula is C17H23N3O. The van der Waals surface area contributed by atoms with Crippen LogP contribution in [0.1, 0.15) is 18.4 Å². The standard InChI is InChI=1S/C17H23N3O/c18-13-16-2-1-3-17(12-16)21-11-10-19-6-8-20(9-7-19)14-15-4-5-15/h1-3,12,15H,4-11,14H2. The summed E-state index contributed by atoms with van der Waals surface area (Å²) in [4.78, 5) is 5.07. The number of nitriles is 1. The van der Waals surface area contributed by atoms with Crippen LogP contribution in [-0.2, 0) is 0 Å². The van der Waals surface area contributed by atoms with E-state index in [1.807, 2.05) is 12.1 Å². The maximum absolute atomic E-state index is 8.86. The molecular weight excluding hydrogens is 262 g/mol. The van der Waals surface area contributed by atoms with Gasteiger partial charge in [-0.2, -0.15) is 5.26 Å². The molecule has 4 nitrogen and oxygen atoms in total. The number of rotatable bonds is 6. The zero-order valence-corrected chi connectivity index (χ0v) is 12.5. The summed E-state index contributed by atoms with van der Waals surface area (Å²) in [6.07, 6.45) is 2.88. The van der Waals surface area contributed by atoms with Crippen molar-refractivity contribution in [2.45, 2.75) is 12.8 Å². The minimum absolute atomic E-state index is 0.654. The van der Waals surface area contributed by atoms with E-state index in [9.17, 15) is 0 Å². The number of ether oxygens (including phenoxy) is 1. The van der Waals surface area contributed by atoms with Gasteiger partial charge in [0.15, 0.2) is 0 Å². The summed E-state index contributed by atoms with van der Waals surface area (Å²) >= 11 is 0. The third-order valence-corrected chi connectivity index (χ3v) is 4.32. The number of piperazine rings is 1. The summed E-state index contributed by atoms with van der Waals surface area (Å²) in [5, 5.41) is 8.86. The van der Waals surface area contributed by atoms with Crippen LogP contribution in [0.15, 0.2) is 24.3 Å². The Balaban J connectivity index is 1.35. The first-order valence-electron chi connectivity index (χ1n) is 7.91. The van der Waals surface area contributed by atoms with Crippen LogP contribution in [0.4, 0.5) is 0 Å². The molecule has 21 heavy (non-hydrogen) atoms. The quantitative estimate of drug-likeness (QED) is 0.801. The van der Waals surface area contributed by atoms with Gasteiger partial charge in [0.25, 0.3) is 0 Å². The second kappa shape index (κ2) is 6.93. The normalized spacial score (nSPS) is 20.1. The maximum Gasteiger partial charge on any atom is 0.120 e. The van der Waals surface area contributed by atoms with Gasteiger partial charge in [-0.3, -0.25) is 4.90 Å². The number of hydrogen-bond acceptors (Lipinski definition) is 4. The van der Waals surface area contributed by atoms with E-state index >= 15 is 0 Å². The molecule has 1 aromatic carbocycles. The molecule has 1 aliphatic heterocycles. The highest BCUT2D eigenvalue weighted by Crippen LogP contribution is 2.29. The molecule has 2 aliphatic rings. The van der Waals surface area contributed by atoms with Crippen molar-refractivity contribution in [3.63, 3.8) is 0 Å². The second-order valence-electron chi connectivity index (χ2n) is 6.07. The predicted octanol–water partition coefficient (Wildman–Crippen LogP) is 1.96. The molecule has 1 saturated heterocycles. The van der Waals surface area contributed by atoms with Gasteiger partial charge in [0.05, 0.1) is 11.6 Å². The zero-order chi connectivity index (χ0) is 14.5. The molecule has 1 aromatic rings. The molecule has 0 atom stereocenters. The zero-order valence-electron chi connectivity index (χ0n) is 12.5. The lowest BCUT2D eigenvalue weighted by molar-refractivity contribution is 0.114. The lowest BCUT2D eigenvalue weighted by Gasteiger charge is -2.34. The summed E-state index contributed by atoms with van der Waals surface area (Å²) in [5.41, 5.74) is 0.654. The van der Waals surface area contributed by atoms with E-state index in [-0.39, 0.29) is 0 Å². The van der Waals surface area contributed by atoms with Crippen molar-refractivity contribution in [2.24, 2.45) is 5.92 Å². The second-order valence-corrected chi connectivity index (χ2v) is 6.07. The first kappa shape index (κ1) is 14.4. The van der Waals surface area contributed by atoms with Crippen LogP contribution in [0.25, 0.3) is 0 Å². The molecule has 3 rings (SSSR count). The lowest BCUT2D eigenvalue weighted by atomic mass is 10.2. The molecule has 0 amide bonds. The Labute approximate surface area is 126 Å². The molecule has 0 unspecified atom stereocenters. The van der Waals surface area contributed by atoms with Crippen molar-refractivity contribution in [1.82, 2.24) is 9.80 Å². The summed E-state index contributed by atoms with van der Waals surface area (Å²) in [6.45, 7) is 7.65. The topological polar surface area (TPSA) is 39.5 Å². The van der Waals surface area contributed by atoms with Crippen molar-refractivity contribution >= 4 is 0 Å². The van der Waals surface area contributed by atoms with Crippen LogP contribution in [0.2, 0.25) is 0 Å². The van der Waals surface area contributed by atoms with Crippen LogP contribution < -0.4 is 4.74 Å². The SMILES string of the molecule is N#Cc1cccc(OCCN2CCN(CC3CC3)CC2)c1. The van der Waals surface area contributed by atoms with Crippen LogP contribution in [0, 0.1) is 17.2 Å². The predicted molar refractivity (Wildman–Crippen MR) is 82.3 cm³/mol. The summed E-state index contributed by atoms with van der Waals surface area (Å²) < 4.78 is 5.75. The Hall–Kier alpha value is -1.57. The molecule has 4 heteroatoms. The van der Waals surface area contributed by atoms with E-state index in [0.717, 1.165) is 31.3 Å². The van der Waals surface area contributed by atoms with Gasteiger partial charge >= 0.3 is 0 Å². The van der Waals surface area contributed by atoms with Crippen LogP contribution in [0.5, 0.6) is 5.75 Å². The minimum Gasteiger partial charge on any atom is -0.492 e. The highest BCUT2D eigenvalue weighted by atomic mass is 16.5. The first-order valence-corrected chi connectivity index (χ1v) is 7.91. The Morgan fingerprint density at radius 2 is 1.90 bits per heavy atom. The third kappa shape index (κ3) is 4.45. The fraction of sp³-hybridized carbons (Fsp3) is 0.588. The Morgan fingerprint density at radius 3 is 2.62 bits per heavy atom. The number of nitrogens with zero attached hydrogens (tertiary/aromatic N) is 3. The molecule has 0 aromatic heterocycles. The van der Waals surface area contributed by atoms with Crippen molar-refractivity contribution in [3.05, 3.63) is 29.8 Å². The molecule has 0 spiro atoms. The van der Waals surface area contributed by atoms with Crippen molar-refractivity contribution in [3.8, 4) is 11.8 Å². The Morgan fingerprint density at radius 1 is 1.14 bits per heavy atom. The van der Waals surface area contributed by atoms with Gasteiger partial charge in [0, 0.05) is 39.3 Å². The fourth-order valence-electron chi connectivity index (χ4n) is 2.81. The molecule has 112 valence electrons. The largest absolute Gasteiger partial charge is 0.492 e.